The van der Waals surface area contributed by atoms with Gasteiger partial charge in [-0.15, -0.1) is 0 Å². The first-order chi connectivity index (χ1) is 9.67. The van der Waals surface area contributed by atoms with E-state index in [0.717, 1.165) is 17.4 Å². The van der Waals surface area contributed by atoms with Crippen LogP contribution in [0.1, 0.15) is 21.5 Å². The molecule has 0 aliphatic carbocycles. The highest BCUT2D eigenvalue weighted by Gasteiger charge is 2.01. The van der Waals surface area contributed by atoms with Crippen LogP contribution in [0.15, 0.2) is 48.5 Å². The van der Waals surface area contributed by atoms with Gasteiger partial charge in [0.25, 0.3) is 0 Å². The number of aliphatic carboxylic acids is 1. The lowest BCUT2D eigenvalue weighted by molar-refractivity contribution is -0.136. The molecule has 0 heterocycles. The van der Waals surface area contributed by atoms with Crippen molar-refractivity contribution in [1.82, 2.24) is 0 Å². The number of carboxylic acids is 1. The minimum Gasteiger partial charge on any atom is -0.489 e. The number of rotatable bonds is 6. The molecule has 0 amide bonds. The molecule has 0 aliphatic rings. The van der Waals surface area contributed by atoms with E-state index in [1.165, 1.54) is 0 Å². The maximum absolute atomic E-state index is 10.6. The zero-order valence-electron chi connectivity index (χ0n) is 10.8. The van der Waals surface area contributed by atoms with Crippen molar-refractivity contribution in [1.29, 1.82) is 0 Å². The third-order valence-corrected chi connectivity index (χ3v) is 2.80. The standard InChI is InChI=1S/C16H14O4/c17-10-13-5-7-15(8-6-13)20-11-14-3-1-12(2-4-14)9-16(18)19/h1-8,10H,9,11H2,(H,18,19). The second-order valence-corrected chi connectivity index (χ2v) is 4.36. The lowest BCUT2D eigenvalue weighted by atomic mass is 10.1. The summed E-state index contributed by atoms with van der Waals surface area (Å²) in [6.07, 6.45) is 0.805. The minimum atomic E-state index is -0.843. The molecular formula is C16H14O4. The molecule has 0 atom stereocenters. The lowest BCUT2D eigenvalue weighted by Crippen LogP contribution is -2.00. The quantitative estimate of drug-likeness (QED) is 0.820. The van der Waals surface area contributed by atoms with Gasteiger partial charge in [-0.2, -0.15) is 0 Å². The highest BCUT2D eigenvalue weighted by Crippen LogP contribution is 2.14. The molecule has 0 saturated carbocycles. The third kappa shape index (κ3) is 3.95. The molecule has 20 heavy (non-hydrogen) atoms. The number of aldehydes is 1. The molecule has 0 spiro atoms. The van der Waals surface area contributed by atoms with Crippen LogP contribution in [0, 0.1) is 0 Å². The Morgan fingerprint density at radius 2 is 1.60 bits per heavy atom. The smallest absolute Gasteiger partial charge is 0.307 e. The normalized spacial score (nSPS) is 10.0. The molecule has 4 nitrogen and oxygen atoms in total. The van der Waals surface area contributed by atoms with Crippen molar-refractivity contribution in [3.63, 3.8) is 0 Å². The zero-order chi connectivity index (χ0) is 14.4. The molecule has 1 N–H and O–H groups in total. The van der Waals surface area contributed by atoms with Crippen molar-refractivity contribution in [2.45, 2.75) is 13.0 Å². The van der Waals surface area contributed by atoms with E-state index in [4.69, 9.17) is 9.84 Å². The minimum absolute atomic E-state index is 0.0221. The number of carbonyl (C=O) groups excluding carboxylic acids is 1. The highest BCUT2D eigenvalue weighted by molar-refractivity contribution is 5.74. The molecule has 0 unspecified atom stereocenters. The summed E-state index contributed by atoms with van der Waals surface area (Å²) in [5.74, 6) is -0.158. The molecule has 102 valence electrons. The molecule has 0 bridgehead atoms. The Balaban J connectivity index is 1.92. The molecular weight excluding hydrogens is 256 g/mol. The second kappa shape index (κ2) is 6.52. The van der Waals surface area contributed by atoms with Gasteiger partial charge in [0.15, 0.2) is 0 Å². The van der Waals surface area contributed by atoms with Gasteiger partial charge in [-0.1, -0.05) is 24.3 Å². The van der Waals surface area contributed by atoms with Crippen LogP contribution in [-0.4, -0.2) is 17.4 Å². The fourth-order valence-corrected chi connectivity index (χ4v) is 1.74. The molecule has 2 aromatic rings. The maximum Gasteiger partial charge on any atom is 0.307 e. The van der Waals surface area contributed by atoms with E-state index in [9.17, 15) is 9.59 Å². The summed E-state index contributed by atoms with van der Waals surface area (Å²) in [7, 11) is 0. The molecule has 4 heteroatoms. The summed E-state index contributed by atoms with van der Waals surface area (Å²) in [5.41, 5.74) is 2.32. The first-order valence-corrected chi connectivity index (χ1v) is 6.15. The molecule has 0 fully saturated rings. The van der Waals surface area contributed by atoms with Gasteiger partial charge in [-0.25, -0.2) is 0 Å². The van der Waals surface area contributed by atoms with Gasteiger partial charge in [0.1, 0.15) is 18.6 Å². The highest BCUT2D eigenvalue weighted by atomic mass is 16.5. The number of hydrogen-bond donors (Lipinski definition) is 1. The average molecular weight is 270 g/mol. The SMILES string of the molecule is O=Cc1ccc(OCc2ccc(CC(=O)O)cc2)cc1. The summed E-state index contributed by atoms with van der Waals surface area (Å²) < 4.78 is 5.58. The zero-order valence-corrected chi connectivity index (χ0v) is 10.8. The Morgan fingerprint density at radius 3 is 2.15 bits per heavy atom. The number of ether oxygens (including phenoxy) is 1. The Kier molecular flexibility index (Phi) is 4.50. The van der Waals surface area contributed by atoms with E-state index in [0.29, 0.717) is 17.9 Å². The molecule has 0 radical (unpaired) electrons. The number of hydrogen-bond acceptors (Lipinski definition) is 3. The Labute approximate surface area is 116 Å². The maximum atomic E-state index is 10.6. The summed E-state index contributed by atoms with van der Waals surface area (Å²) in [6, 6.07) is 14.1. The average Bonchev–Trinajstić information content (AvgIpc) is 2.46. The van der Waals surface area contributed by atoms with Crippen molar-refractivity contribution < 1.29 is 19.4 Å². The van der Waals surface area contributed by atoms with E-state index in [-0.39, 0.29) is 6.42 Å². The van der Waals surface area contributed by atoms with Crippen molar-refractivity contribution in [2.24, 2.45) is 0 Å². The Morgan fingerprint density at radius 1 is 1.00 bits per heavy atom. The lowest BCUT2D eigenvalue weighted by Gasteiger charge is -2.07. The molecule has 0 saturated heterocycles. The molecule has 2 aromatic carbocycles. The van der Waals surface area contributed by atoms with Gasteiger partial charge >= 0.3 is 5.97 Å². The van der Waals surface area contributed by atoms with Crippen LogP contribution in [0.4, 0.5) is 0 Å². The van der Waals surface area contributed by atoms with Crippen LogP contribution < -0.4 is 4.74 Å². The fourth-order valence-electron chi connectivity index (χ4n) is 1.74. The number of carboxylic acid groups (broad SMARTS) is 1. The van der Waals surface area contributed by atoms with Crippen LogP contribution >= 0.6 is 0 Å². The van der Waals surface area contributed by atoms with Gasteiger partial charge in [0.05, 0.1) is 6.42 Å². The second-order valence-electron chi connectivity index (χ2n) is 4.36. The summed E-state index contributed by atoms with van der Waals surface area (Å²) >= 11 is 0. The predicted octanol–water partition coefficient (Wildman–Crippen LogP) is 2.71. The van der Waals surface area contributed by atoms with Crippen molar-refractivity contribution in [2.75, 3.05) is 0 Å². The van der Waals surface area contributed by atoms with E-state index in [1.807, 2.05) is 12.1 Å². The van der Waals surface area contributed by atoms with Crippen molar-refractivity contribution >= 4 is 12.3 Å². The third-order valence-electron chi connectivity index (χ3n) is 2.80. The number of carbonyl (C=O) groups is 2. The van der Waals surface area contributed by atoms with Crippen LogP contribution in [0.2, 0.25) is 0 Å². The van der Waals surface area contributed by atoms with Gasteiger partial charge in [0.2, 0.25) is 0 Å². The van der Waals surface area contributed by atoms with Crippen LogP contribution in [0.25, 0.3) is 0 Å². The van der Waals surface area contributed by atoms with E-state index in [2.05, 4.69) is 0 Å². The van der Waals surface area contributed by atoms with E-state index >= 15 is 0 Å². The molecule has 0 aliphatic heterocycles. The first kappa shape index (κ1) is 13.8. The first-order valence-electron chi connectivity index (χ1n) is 6.15. The van der Waals surface area contributed by atoms with Crippen molar-refractivity contribution in [3.8, 4) is 5.75 Å². The van der Waals surface area contributed by atoms with Gasteiger partial charge in [-0.3, -0.25) is 9.59 Å². The number of benzene rings is 2. The van der Waals surface area contributed by atoms with Crippen LogP contribution in [0.5, 0.6) is 5.75 Å². The topological polar surface area (TPSA) is 63.6 Å². The predicted molar refractivity (Wildman–Crippen MR) is 73.9 cm³/mol. The van der Waals surface area contributed by atoms with E-state index < -0.39 is 5.97 Å². The Bertz CT molecular complexity index is 585. The monoisotopic (exact) mass is 270 g/mol. The van der Waals surface area contributed by atoms with Crippen molar-refractivity contribution in [3.05, 3.63) is 65.2 Å². The summed E-state index contributed by atoms with van der Waals surface area (Å²) in [5, 5.41) is 8.68. The molecule has 0 aromatic heterocycles. The van der Waals surface area contributed by atoms with Gasteiger partial charge in [0, 0.05) is 5.56 Å². The Hall–Kier alpha value is -2.62. The summed E-state index contributed by atoms with van der Waals surface area (Å²) in [4.78, 5) is 21.1. The summed E-state index contributed by atoms with van der Waals surface area (Å²) in [6.45, 7) is 0.397. The fraction of sp³-hybridized carbons (Fsp3) is 0.125. The van der Waals surface area contributed by atoms with Crippen LogP contribution in [0.3, 0.4) is 0 Å². The van der Waals surface area contributed by atoms with Crippen LogP contribution in [-0.2, 0) is 17.8 Å². The van der Waals surface area contributed by atoms with E-state index in [1.54, 1.807) is 36.4 Å². The molecule has 2 rings (SSSR count). The largest absolute Gasteiger partial charge is 0.489 e. The van der Waals surface area contributed by atoms with Gasteiger partial charge in [-0.05, 0) is 35.4 Å². The van der Waals surface area contributed by atoms with Gasteiger partial charge < -0.3 is 9.84 Å².